The second kappa shape index (κ2) is 11.6. The van der Waals surface area contributed by atoms with Crippen LogP contribution >= 0.6 is 11.8 Å². The van der Waals surface area contributed by atoms with Gasteiger partial charge in [0.2, 0.25) is 0 Å². The summed E-state index contributed by atoms with van der Waals surface area (Å²) in [4.78, 5) is 9.64. The molecule has 1 saturated heterocycles. The lowest BCUT2D eigenvalue weighted by Gasteiger charge is -2.26. The molecule has 3 aromatic rings. The van der Waals surface area contributed by atoms with Gasteiger partial charge in [0.15, 0.2) is 33.8 Å². The maximum atomic E-state index is 14.5. The molecule has 246 valence electrons. The van der Waals surface area contributed by atoms with E-state index in [2.05, 4.69) is 10.3 Å². The van der Waals surface area contributed by atoms with Gasteiger partial charge < -0.3 is 14.6 Å². The molecule has 3 fully saturated rings. The van der Waals surface area contributed by atoms with Crippen molar-refractivity contribution in [1.82, 2.24) is 25.0 Å². The average molecular weight is 675 g/mol. The normalized spacial score (nSPS) is 30.3. The standard InChI is InChI=1S/C31H36F2N6O5S2/c1-5-12-45-30-34-28-25(36-37-38(28)23-15-24(40)27-26(23)43-31(3,4)44-27)29(35-30)39(46(41,42)18-9-6-16(2)7-10-18)22-14-19(22)17-8-11-20(32)21(33)13-17/h6-11,17,19,22-24,26-27,40H,5,12-15H2,1-4H3/t17?,19-,22+,23+,24-,26-,27+/m0/s1. The van der Waals surface area contributed by atoms with Crippen LogP contribution in [0, 0.1) is 18.8 Å². The van der Waals surface area contributed by atoms with Crippen molar-refractivity contribution >= 4 is 38.8 Å². The summed E-state index contributed by atoms with van der Waals surface area (Å²) in [6.45, 7) is 7.46. The van der Waals surface area contributed by atoms with E-state index in [0.29, 0.717) is 23.0 Å². The molecular formula is C31H36F2N6O5S2. The van der Waals surface area contributed by atoms with Crippen molar-refractivity contribution in [1.29, 1.82) is 0 Å². The van der Waals surface area contributed by atoms with Crippen molar-refractivity contribution in [2.24, 2.45) is 11.8 Å². The molecule has 1 aliphatic heterocycles. The molecule has 1 N–H and O–H groups in total. The van der Waals surface area contributed by atoms with Crippen LogP contribution in [0.15, 0.2) is 58.1 Å². The van der Waals surface area contributed by atoms with Crippen LogP contribution in [0.2, 0.25) is 0 Å². The minimum absolute atomic E-state index is 0.0717. The molecule has 0 bridgehead atoms. The molecule has 7 rings (SSSR count). The van der Waals surface area contributed by atoms with Gasteiger partial charge in [-0.2, -0.15) is 0 Å². The van der Waals surface area contributed by atoms with Gasteiger partial charge in [-0.3, -0.25) is 0 Å². The first-order chi connectivity index (χ1) is 21.9. The molecule has 3 aliphatic carbocycles. The fourth-order valence-corrected chi connectivity index (χ4v) is 9.12. The minimum Gasteiger partial charge on any atom is -0.390 e. The maximum absolute atomic E-state index is 14.5. The third-order valence-electron chi connectivity index (χ3n) is 9.05. The highest BCUT2D eigenvalue weighted by molar-refractivity contribution is 7.99. The van der Waals surface area contributed by atoms with E-state index in [-0.39, 0.29) is 40.9 Å². The highest BCUT2D eigenvalue weighted by atomic mass is 32.2. The van der Waals surface area contributed by atoms with Gasteiger partial charge in [0.05, 0.1) is 23.1 Å². The Kier molecular flexibility index (Phi) is 7.98. The number of thioether (sulfide) groups is 1. The number of aliphatic hydroxyl groups excluding tert-OH is 1. The van der Waals surface area contributed by atoms with Crippen molar-refractivity contribution in [2.75, 3.05) is 10.1 Å². The zero-order chi connectivity index (χ0) is 32.5. The average Bonchev–Trinajstić information content (AvgIpc) is 3.41. The molecule has 0 amide bonds. The van der Waals surface area contributed by atoms with E-state index >= 15 is 0 Å². The number of rotatable bonds is 9. The fraction of sp³-hybridized carbons (Fsp3) is 0.548. The first-order valence-corrected chi connectivity index (χ1v) is 17.9. The third kappa shape index (κ3) is 5.53. The highest BCUT2D eigenvalue weighted by Gasteiger charge is 2.56. The van der Waals surface area contributed by atoms with Crippen LogP contribution in [0.3, 0.4) is 0 Å². The number of allylic oxidation sites excluding steroid dienone is 4. The predicted octanol–water partition coefficient (Wildman–Crippen LogP) is 5.17. The van der Waals surface area contributed by atoms with E-state index in [1.807, 2.05) is 13.8 Å². The molecule has 3 heterocycles. The molecule has 0 spiro atoms. The van der Waals surface area contributed by atoms with Crippen LogP contribution in [0.4, 0.5) is 14.6 Å². The molecule has 0 radical (unpaired) electrons. The van der Waals surface area contributed by atoms with Gasteiger partial charge in [0.1, 0.15) is 18.0 Å². The number of hydrogen-bond acceptors (Lipinski definition) is 10. The monoisotopic (exact) mass is 674 g/mol. The summed E-state index contributed by atoms with van der Waals surface area (Å²) in [5.74, 6) is -2.55. The van der Waals surface area contributed by atoms with E-state index in [9.17, 15) is 22.3 Å². The molecule has 1 aromatic carbocycles. The van der Waals surface area contributed by atoms with Crippen molar-refractivity contribution < 1.29 is 31.8 Å². The summed E-state index contributed by atoms with van der Waals surface area (Å²) in [6.07, 6.45) is 2.22. The zero-order valence-electron chi connectivity index (χ0n) is 25.9. The number of sulfonamides is 1. The summed E-state index contributed by atoms with van der Waals surface area (Å²) in [5.41, 5.74) is 1.38. The van der Waals surface area contributed by atoms with Crippen molar-refractivity contribution in [3.8, 4) is 0 Å². The van der Waals surface area contributed by atoms with Crippen molar-refractivity contribution in [3.05, 3.63) is 53.6 Å². The Morgan fingerprint density at radius 2 is 1.87 bits per heavy atom. The van der Waals surface area contributed by atoms with Crippen LogP contribution in [0.5, 0.6) is 0 Å². The SMILES string of the molecule is CCCSc1nc(N([C@@H]2C[C@H]2C2C=CC(F)=C(F)C2)S(=O)(=O)c2ccc(C)cc2)c2nnn([C@@H]3C[C@H](O)[C@H]4OC(C)(C)O[C@H]43)c2n1. The van der Waals surface area contributed by atoms with E-state index in [0.717, 1.165) is 18.1 Å². The second-order valence-electron chi connectivity index (χ2n) is 12.9. The number of anilines is 1. The number of benzene rings is 1. The number of fused-ring (bicyclic) bond motifs is 2. The van der Waals surface area contributed by atoms with Gasteiger partial charge in [0, 0.05) is 18.6 Å². The van der Waals surface area contributed by atoms with Crippen LogP contribution in [-0.4, -0.2) is 74.4 Å². The Balaban J connectivity index is 1.36. The summed E-state index contributed by atoms with van der Waals surface area (Å²) >= 11 is 1.38. The molecule has 1 unspecified atom stereocenters. The largest absolute Gasteiger partial charge is 0.390 e. The topological polar surface area (TPSA) is 133 Å². The fourth-order valence-electron chi connectivity index (χ4n) is 6.77. The Bertz CT molecular complexity index is 1830. The summed E-state index contributed by atoms with van der Waals surface area (Å²) in [7, 11) is -4.21. The molecule has 4 aliphatic rings. The Morgan fingerprint density at radius 3 is 2.59 bits per heavy atom. The van der Waals surface area contributed by atoms with E-state index in [1.165, 1.54) is 16.1 Å². The highest BCUT2D eigenvalue weighted by Crippen LogP contribution is 2.50. The van der Waals surface area contributed by atoms with Gasteiger partial charge in [-0.1, -0.05) is 47.7 Å². The first kappa shape index (κ1) is 31.6. The lowest BCUT2D eigenvalue weighted by atomic mass is 9.94. The van der Waals surface area contributed by atoms with Crippen LogP contribution in [0.25, 0.3) is 11.2 Å². The molecule has 15 heteroatoms. The van der Waals surface area contributed by atoms with Gasteiger partial charge in [0.25, 0.3) is 10.0 Å². The van der Waals surface area contributed by atoms with Gasteiger partial charge in [-0.05, 0) is 63.7 Å². The summed E-state index contributed by atoms with van der Waals surface area (Å²) in [5, 5.41) is 20.1. The van der Waals surface area contributed by atoms with E-state index < -0.39 is 57.9 Å². The molecule has 11 nitrogen and oxygen atoms in total. The number of ether oxygens (including phenoxy) is 2. The smallest absolute Gasteiger partial charge is 0.265 e. The van der Waals surface area contributed by atoms with Gasteiger partial charge >= 0.3 is 0 Å². The quantitative estimate of drug-likeness (QED) is 0.240. The lowest BCUT2D eigenvalue weighted by Crippen LogP contribution is -2.36. The van der Waals surface area contributed by atoms with E-state index in [1.54, 1.807) is 48.9 Å². The summed E-state index contributed by atoms with van der Waals surface area (Å²) in [6, 6.07) is 5.48. The third-order valence-corrected chi connectivity index (χ3v) is 11.9. The first-order valence-electron chi connectivity index (χ1n) is 15.5. The number of nitrogens with zero attached hydrogens (tertiary/aromatic N) is 6. The zero-order valence-corrected chi connectivity index (χ0v) is 27.5. The number of aliphatic hydroxyl groups is 1. The molecule has 2 saturated carbocycles. The predicted molar refractivity (Wildman–Crippen MR) is 167 cm³/mol. The lowest BCUT2D eigenvalue weighted by molar-refractivity contribution is -0.165. The Hall–Kier alpha value is -2.98. The number of halogens is 2. The Labute approximate surface area is 270 Å². The van der Waals surface area contributed by atoms with Crippen molar-refractivity contribution in [3.63, 3.8) is 0 Å². The summed E-state index contributed by atoms with van der Waals surface area (Å²) < 4.78 is 72.3. The molecule has 7 atom stereocenters. The number of hydrogen-bond donors (Lipinski definition) is 1. The molecular weight excluding hydrogens is 639 g/mol. The van der Waals surface area contributed by atoms with Crippen molar-refractivity contribution in [2.45, 2.75) is 99.6 Å². The van der Waals surface area contributed by atoms with Crippen LogP contribution in [0.1, 0.15) is 58.1 Å². The van der Waals surface area contributed by atoms with E-state index in [4.69, 9.17) is 19.4 Å². The minimum atomic E-state index is -4.21. The second-order valence-corrected chi connectivity index (χ2v) is 15.8. The van der Waals surface area contributed by atoms with Crippen LogP contribution in [-0.2, 0) is 19.5 Å². The van der Waals surface area contributed by atoms with Crippen LogP contribution < -0.4 is 4.31 Å². The maximum Gasteiger partial charge on any atom is 0.265 e. The van der Waals surface area contributed by atoms with Gasteiger partial charge in [-0.15, -0.1) is 5.10 Å². The Morgan fingerprint density at radius 1 is 1.13 bits per heavy atom. The molecule has 46 heavy (non-hydrogen) atoms. The van der Waals surface area contributed by atoms with Gasteiger partial charge in [-0.25, -0.2) is 36.2 Å². The number of aryl methyl sites for hydroxylation is 1. The number of aromatic nitrogens is 5. The molecule has 2 aromatic heterocycles.